The summed E-state index contributed by atoms with van der Waals surface area (Å²) >= 11 is 9.58. The topological polar surface area (TPSA) is 47.3 Å². The fourth-order valence-electron chi connectivity index (χ4n) is 2.10. The molecule has 6 heteroatoms. The van der Waals surface area contributed by atoms with E-state index < -0.39 is 5.60 Å². The molecule has 0 amide bonds. The van der Waals surface area contributed by atoms with Gasteiger partial charge in [0.1, 0.15) is 5.60 Å². The predicted octanol–water partition coefficient (Wildman–Crippen LogP) is 3.20. The first kappa shape index (κ1) is 15.5. The molecule has 0 aliphatic rings. The van der Waals surface area contributed by atoms with E-state index in [0.717, 1.165) is 10.0 Å². The molecule has 108 valence electrons. The molecular formula is C14H16BrClN2O2. The van der Waals surface area contributed by atoms with Crippen LogP contribution >= 0.6 is 27.5 Å². The molecule has 0 fully saturated rings. The first-order chi connectivity index (χ1) is 9.46. The van der Waals surface area contributed by atoms with Crippen LogP contribution in [0.1, 0.15) is 18.2 Å². The van der Waals surface area contributed by atoms with E-state index in [0.29, 0.717) is 23.9 Å². The minimum atomic E-state index is -1.22. The van der Waals surface area contributed by atoms with Crippen molar-refractivity contribution in [1.82, 2.24) is 9.78 Å². The maximum Gasteiger partial charge on any atom is 0.130 e. The van der Waals surface area contributed by atoms with Crippen molar-refractivity contribution in [2.75, 3.05) is 13.7 Å². The molecule has 1 N–H and O–H groups in total. The molecule has 1 atom stereocenters. The van der Waals surface area contributed by atoms with E-state index in [4.69, 9.17) is 16.3 Å². The highest BCUT2D eigenvalue weighted by molar-refractivity contribution is 9.10. The van der Waals surface area contributed by atoms with Crippen LogP contribution in [0.25, 0.3) is 0 Å². The molecule has 2 aromatic rings. The number of halogens is 2. The lowest BCUT2D eigenvalue weighted by molar-refractivity contribution is 0.0884. The molecule has 0 saturated heterocycles. The van der Waals surface area contributed by atoms with Crippen LogP contribution in [0.5, 0.6) is 0 Å². The molecule has 1 aromatic heterocycles. The Labute approximate surface area is 131 Å². The summed E-state index contributed by atoms with van der Waals surface area (Å²) in [5, 5.41) is 15.5. The number of aliphatic hydroxyl groups is 1. The van der Waals surface area contributed by atoms with Crippen molar-refractivity contribution < 1.29 is 9.84 Å². The fourth-order valence-corrected chi connectivity index (χ4v) is 2.69. The second-order valence-electron chi connectivity index (χ2n) is 4.64. The van der Waals surface area contributed by atoms with E-state index in [1.165, 1.54) is 0 Å². The average Bonchev–Trinajstić information content (AvgIpc) is 2.78. The maximum atomic E-state index is 10.9. The molecule has 2 rings (SSSR count). The van der Waals surface area contributed by atoms with Gasteiger partial charge in [-0.05, 0) is 24.6 Å². The van der Waals surface area contributed by atoms with E-state index in [1.54, 1.807) is 24.9 Å². The molecule has 0 saturated carbocycles. The Bertz CT molecular complexity index is 581. The lowest BCUT2D eigenvalue weighted by Gasteiger charge is -2.25. The predicted molar refractivity (Wildman–Crippen MR) is 81.9 cm³/mol. The molecular weight excluding hydrogens is 344 g/mol. The Morgan fingerprint density at radius 2 is 2.05 bits per heavy atom. The number of ether oxygens (including phenoxy) is 1. The van der Waals surface area contributed by atoms with Crippen molar-refractivity contribution in [2.45, 2.75) is 19.1 Å². The number of benzene rings is 1. The van der Waals surface area contributed by atoms with Crippen molar-refractivity contribution in [3.05, 3.63) is 51.2 Å². The molecule has 4 nitrogen and oxygen atoms in total. The van der Waals surface area contributed by atoms with Gasteiger partial charge in [-0.15, -0.1) is 0 Å². The summed E-state index contributed by atoms with van der Waals surface area (Å²) in [5.74, 6) is 0. The van der Waals surface area contributed by atoms with Gasteiger partial charge < -0.3 is 9.84 Å². The summed E-state index contributed by atoms with van der Waals surface area (Å²) in [6, 6.07) is 7.48. The number of rotatable bonds is 5. The van der Waals surface area contributed by atoms with Crippen LogP contribution in [0, 0.1) is 0 Å². The van der Waals surface area contributed by atoms with Crippen molar-refractivity contribution in [2.24, 2.45) is 0 Å². The van der Waals surface area contributed by atoms with Crippen LogP contribution in [0.3, 0.4) is 0 Å². The molecule has 0 radical (unpaired) electrons. The third kappa shape index (κ3) is 3.06. The molecule has 1 unspecified atom stereocenters. The second kappa shape index (κ2) is 6.26. The number of methoxy groups -OCH3 is 1. The minimum absolute atomic E-state index is 0.439. The first-order valence-corrected chi connectivity index (χ1v) is 7.33. The highest BCUT2D eigenvalue weighted by Gasteiger charge is 2.32. The number of hydrogen-bond donors (Lipinski definition) is 1. The van der Waals surface area contributed by atoms with E-state index in [1.807, 2.05) is 24.3 Å². The van der Waals surface area contributed by atoms with Gasteiger partial charge in [-0.2, -0.15) is 5.10 Å². The van der Waals surface area contributed by atoms with Crippen LogP contribution in [0.15, 0.2) is 34.9 Å². The molecule has 0 aliphatic carbocycles. The zero-order chi connectivity index (χ0) is 14.8. The molecule has 1 heterocycles. The standard InChI is InChI=1S/C14H16BrClN2O2/c1-14(19,10-3-5-11(15)6-4-10)13-12(16)9-17-18(13)7-8-20-2/h3-6,9,19H,7-8H2,1-2H3. The average molecular weight is 360 g/mol. The van der Waals surface area contributed by atoms with E-state index >= 15 is 0 Å². The molecule has 1 aromatic carbocycles. The van der Waals surface area contributed by atoms with Gasteiger partial charge >= 0.3 is 0 Å². The van der Waals surface area contributed by atoms with Gasteiger partial charge in [0.05, 0.1) is 30.1 Å². The van der Waals surface area contributed by atoms with Crippen molar-refractivity contribution in [3.8, 4) is 0 Å². The highest BCUT2D eigenvalue weighted by atomic mass is 79.9. The zero-order valence-corrected chi connectivity index (χ0v) is 13.6. The van der Waals surface area contributed by atoms with Gasteiger partial charge in [0.2, 0.25) is 0 Å². The molecule has 0 bridgehead atoms. The fraction of sp³-hybridized carbons (Fsp3) is 0.357. The molecule has 20 heavy (non-hydrogen) atoms. The highest BCUT2D eigenvalue weighted by Crippen LogP contribution is 2.34. The summed E-state index contributed by atoms with van der Waals surface area (Å²) in [7, 11) is 1.62. The lowest BCUT2D eigenvalue weighted by atomic mass is 9.92. The number of nitrogens with zero attached hydrogens (tertiary/aromatic N) is 2. The number of aromatic nitrogens is 2. The summed E-state index contributed by atoms with van der Waals surface area (Å²) in [5.41, 5.74) is 0.0995. The monoisotopic (exact) mass is 358 g/mol. The lowest BCUT2D eigenvalue weighted by Crippen LogP contribution is -2.28. The van der Waals surface area contributed by atoms with Crippen molar-refractivity contribution in [3.63, 3.8) is 0 Å². The minimum Gasteiger partial charge on any atom is -0.383 e. The quantitative estimate of drug-likeness (QED) is 0.892. The van der Waals surface area contributed by atoms with Gasteiger partial charge in [-0.25, -0.2) is 0 Å². The van der Waals surface area contributed by atoms with E-state index in [2.05, 4.69) is 21.0 Å². The Kier molecular flexibility index (Phi) is 4.86. The maximum absolute atomic E-state index is 10.9. The third-order valence-electron chi connectivity index (χ3n) is 3.17. The van der Waals surface area contributed by atoms with Crippen molar-refractivity contribution in [1.29, 1.82) is 0 Å². The Hall–Kier alpha value is -0.880. The zero-order valence-electron chi connectivity index (χ0n) is 11.3. The first-order valence-electron chi connectivity index (χ1n) is 6.16. The Morgan fingerprint density at radius 3 is 2.65 bits per heavy atom. The van der Waals surface area contributed by atoms with Crippen LogP contribution in [0.4, 0.5) is 0 Å². The van der Waals surface area contributed by atoms with Crippen molar-refractivity contribution >= 4 is 27.5 Å². The van der Waals surface area contributed by atoms with Gasteiger partial charge in [-0.1, -0.05) is 39.7 Å². The third-order valence-corrected chi connectivity index (χ3v) is 3.97. The van der Waals surface area contributed by atoms with Crippen LogP contribution in [0.2, 0.25) is 5.02 Å². The summed E-state index contributed by atoms with van der Waals surface area (Å²) < 4.78 is 7.68. The summed E-state index contributed by atoms with van der Waals surface area (Å²) in [4.78, 5) is 0. The van der Waals surface area contributed by atoms with Crippen LogP contribution in [-0.4, -0.2) is 28.6 Å². The summed E-state index contributed by atoms with van der Waals surface area (Å²) in [6.07, 6.45) is 1.54. The Balaban J connectivity index is 2.42. The molecule has 0 spiro atoms. The van der Waals surface area contributed by atoms with E-state index in [9.17, 15) is 5.11 Å². The van der Waals surface area contributed by atoms with Crippen LogP contribution in [-0.2, 0) is 16.9 Å². The Morgan fingerprint density at radius 1 is 1.40 bits per heavy atom. The van der Waals surface area contributed by atoms with Gasteiger partial charge in [0.15, 0.2) is 0 Å². The normalized spacial score (nSPS) is 14.2. The van der Waals surface area contributed by atoms with E-state index in [-0.39, 0.29) is 0 Å². The number of hydrogen-bond acceptors (Lipinski definition) is 3. The van der Waals surface area contributed by atoms with Crippen LogP contribution < -0.4 is 0 Å². The summed E-state index contributed by atoms with van der Waals surface area (Å²) in [6.45, 7) is 2.75. The van der Waals surface area contributed by atoms with Gasteiger partial charge in [-0.3, -0.25) is 4.68 Å². The van der Waals surface area contributed by atoms with Gasteiger partial charge in [0, 0.05) is 11.6 Å². The smallest absolute Gasteiger partial charge is 0.130 e. The largest absolute Gasteiger partial charge is 0.383 e. The molecule has 0 aliphatic heterocycles. The SMILES string of the molecule is COCCn1ncc(Cl)c1C(C)(O)c1ccc(Br)cc1. The second-order valence-corrected chi connectivity index (χ2v) is 5.96. The van der Waals surface area contributed by atoms with Gasteiger partial charge in [0.25, 0.3) is 0 Å².